The van der Waals surface area contributed by atoms with E-state index in [2.05, 4.69) is 40.5 Å². The molecule has 4 rings (SSSR count). The van der Waals surface area contributed by atoms with Gasteiger partial charge in [0.05, 0.1) is 0 Å². The first-order chi connectivity index (χ1) is 13.6. The summed E-state index contributed by atoms with van der Waals surface area (Å²) in [7, 11) is 0. The number of carbonyl (C=O) groups is 1. The number of rotatable bonds is 6. The monoisotopic (exact) mass is 379 g/mol. The van der Waals surface area contributed by atoms with Crippen LogP contribution in [0.2, 0.25) is 0 Å². The Morgan fingerprint density at radius 3 is 2.68 bits per heavy atom. The summed E-state index contributed by atoms with van der Waals surface area (Å²) in [4.78, 5) is 27.8. The van der Waals surface area contributed by atoms with Gasteiger partial charge >= 0.3 is 0 Å². The Balaban J connectivity index is 1.33. The summed E-state index contributed by atoms with van der Waals surface area (Å²) in [6.07, 6.45) is 6.28. The van der Waals surface area contributed by atoms with E-state index in [1.807, 2.05) is 19.2 Å². The zero-order valence-corrected chi connectivity index (χ0v) is 16.6. The average molecular weight is 380 g/mol. The third-order valence-corrected chi connectivity index (χ3v) is 5.99. The average Bonchev–Trinajstić information content (AvgIpc) is 3.54. The van der Waals surface area contributed by atoms with Crippen molar-refractivity contribution in [2.75, 3.05) is 26.2 Å². The van der Waals surface area contributed by atoms with Gasteiger partial charge in [-0.3, -0.25) is 9.59 Å². The molecule has 1 amide bonds. The Morgan fingerprint density at radius 1 is 1.14 bits per heavy atom. The van der Waals surface area contributed by atoms with Crippen LogP contribution in [0.4, 0.5) is 0 Å². The van der Waals surface area contributed by atoms with Crippen LogP contribution in [0.3, 0.4) is 0 Å². The lowest BCUT2D eigenvalue weighted by Gasteiger charge is -2.33. The minimum absolute atomic E-state index is 0.151. The highest BCUT2D eigenvalue weighted by atomic mass is 16.2. The van der Waals surface area contributed by atoms with Crippen molar-refractivity contribution in [3.05, 3.63) is 69.6 Å². The number of piperidine rings is 1. The minimum Gasteiger partial charge on any atom is -0.351 e. The highest BCUT2D eigenvalue weighted by molar-refractivity contribution is 5.95. The Bertz CT molecular complexity index is 886. The van der Waals surface area contributed by atoms with E-state index in [0.29, 0.717) is 18.0 Å². The molecule has 2 aliphatic rings. The fourth-order valence-corrected chi connectivity index (χ4v) is 4.23. The van der Waals surface area contributed by atoms with E-state index >= 15 is 0 Å². The van der Waals surface area contributed by atoms with Gasteiger partial charge in [0, 0.05) is 31.9 Å². The largest absolute Gasteiger partial charge is 0.351 e. The van der Waals surface area contributed by atoms with E-state index in [9.17, 15) is 9.59 Å². The van der Waals surface area contributed by atoms with Crippen molar-refractivity contribution in [2.24, 2.45) is 0 Å². The van der Waals surface area contributed by atoms with Crippen LogP contribution < -0.4 is 10.9 Å². The Labute approximate surface area is 166 Å². The van der Waals surface area contributed by atoms with Gasteiger partial charge in [0.2, 0.25) is 0 Å². The van der Waals surface area contributed by atoms with Gasteiger partial charge in [-0.05, 0) is 62.3 Å². The van der Waals surface area contributed by atoms with Gasteiger partial charge in [0.15, 0.2) is 0 Å². The third-order valence-electron chi connectivity index (χ3n) is 5.99. The predicted molar refractivity (Wildman–Crippen MR) is 111 cm³/mol. The number of likely N-dealkylation sites (tertiary alicyclic amines) is 1. The minimum atomic E-state index is -0.242. The van der Waals surface area contributed by atoms with Crippen molar-refractivity contribution in [2.45, 2.75) is 44.6 Å². The molecule has 1 aromatic carbocycles. The molecule has 0 radical (unpaired) electrons. The van der Waals surface area contributed by atoms with Gasteiger partial charge in [0.25, 0.3) is 11.5 Å². The van der Waals surface area contributed by atoms with Gasteiger partial charge < -0.3 is 14.8 Å². The number of amides is 1. The molecule has 1 saturated carbocycles. The highest BCUT2D eigenvalue weighted by Crippen LogP contribution is 2.33. The van der Waals surface area contributed by atoms with Crippen LogP contribution in [0.5, 0.6) is 0 Å². The van der Waals surface area contributed by atoms with Crippen molar-refractivity contribution in [3.63, 3.8) is 0 Å². The molecule has 2 fully saturated rings. The molecule has 1 unspecified atom stereocenters. The van der Waals surface area contributed by atoms with Crippen molar-refractivity contribution < 1.29 is 4.79 Å². The smallest absolute Gasteiger partial charge is 0.263 e. The lowest BCUT2D eigenvalue weighted by atomic mass is 9.91. The second kappa shape index (κ2) is 8.31. The molecule has 148 valence electrons. The lowest BCUT2D eigenvalue weighted by molar-refractivity contribution is 0.0942. The molecule has 5 nitrogen and oxygen atoms in total. The molecular weight excluding hydrogens is 350 g/mol. The Kier molecular flexibility index (Phi) is 5.62. The van der Waals surface area contributed by atoms with E-state index in [-0.39, 0.29) is 17.5 Å². The molecular formula is C23H29N3O2. The van der Waals surface area contributed by atoms with Gasteiger partial charge in [-0.1, -0.05) is 30.3 Å². The van der Waals surface area contributed by atoms with E-state index in [4.69, 9.17) is 0 Å². The van der Waals surface area contributed by atoms with Gasteiger partial charge in [-0.2, -0.15) is 0 Å². The van der Waals surface area contributed by atoms with Crippen molar-refractivity contribution >= 4 is 5.91 Å². The number of aryl methyl sites for hydroxylation is 1. The van der Waals surface area contributed by atoms with Crippen molar-refractivity contribution in [1.29, 1.82) is 0 Å². The topological polar surface area (TPSA) is 54.3 Å². The highest BCUT2D eigenvalue weighted by Gasteiger charge is 2.27. The van der Waals surface area contributed by atoms with Gasteiger partial charge in [-0.15, -0.1) is 0 Å². The first-order valence-electron chi connectivity index (χ1n) is 10.4. The fraction of sp³-hybridized carbons (Fsp3) is 0.478. The zero-order chi connectivity index (χ0) is 19.5. The molecule has 2 heterocycles. The summed E-state index contributed by atoms with van der Waals surface area (Å²) in [5.41, 5.74) is 2.30. The van der Waals surface area contributed by atoms with Crippen LogP contribution in [0, 0.1) is 6.92 Å². The number of benzene rings is 1. The van der Waals surface area contributed by atoms with Crippen LogP contribution >= 0.6 is 0 Å². The Morgan fingerprint density at radius 2 is 1.93 bits per heavy atom. The molecule has 0 bridgehead atoms. The number of aromatic nitrogens is 1. The quantitative estimate of drug-likeness (QED) is 0.839. The maximum absolute atomic E-state index is 12.7. The van der Waals surface area contributed by atoms with Gasteiger partial charge in [-0.25, -0.2) is 0 Å². The second-order valence-electron chi connectivity index (χ2n) is 8.12. The van der Waals surface area contributed by atoms with Crippen LogP contribution in [-0.2, 0) is 0 Å². The molecule has 1 N–H and O–H groups in total. The van der Waals surface area contributed by atoms with E-state index in [1.165, 1.54) is 18.4 Å². The van der Waals surface area contributed by atoms with Gasteiger partial charge in [0.1, 0.15) is 5.56 Å². The molecule has 2 aromatic rings. The third kappa shape index (κ3) is 4.20. The number of pyridine rings is 1. The number of hydrogen-bond donors (Lipinski definition) is 1. The molecule has 0 spiro atoms. The number of nitrogens with zero attached hydrogens (tertiary/aromatic N) is 2. The van der Waals surface area contributed by atoms with E-state index < -0.39 is 0 Å². The van der Waals surface area contributed by atoms with E-state index in [1.54, 1.807) is 4.57 Å². The molecule has 1 saturated heterocycles. The molecule has 28 heavy (non-hydrogen) atoms. The standard InChI is InChI=1S/C23H29N3O2/c1-17-11-14-26(20-9-10-20)23(28)21(17)22(27)24-12-15-25-13-5-8-19(16-25)18-6-3-2-4-7-18/h2-4,6-7,11,14,19-20H,5,8-10,12-13,15-16H2,1H3,(H,24,27). The number of hydrogen-bond acceptors (Lipinski definition) is 3. The Hall–Kier alpha value is -2.40. The second-order valence-corrected chi connectivity index (χ2v) is 8.12. The zero-order valence-electron chi connectivity index (χ0n) is 16.6. The van der Waals surface area contributed by atoms with Crippen LogP contribution in [-0.4, -0.2) is 41.6 Å². The van der Waals surface area contributed by atoms with E-state index in [0.717, 1.165) is 38.0 Å². The number of nitrogens with one attached hydrogen (secondary N) is 1. The summed E-state index contributed by atoms with van der Waals surface area (Å²) < 4.78 is 1.72. The normalized spacial score (nSPS) is 20.1. The predicted octanol–water partition coefficient (Wildman–Crippen LogP) is 3.10. The first-order valence-corrected chi connectivity index (χ1v) is 10.4. The molecule has 1 aliphatic heterocycles. The maximum atomic E-state index is 12.7. The molecule has 1 atom stereocenters. The van der Waals surface area contributed by atoms with Crippen molar-refractivity contribution in [1.82, 2.24) is 14.8 Å². The summed E-state index contributed by atoms with van der Waals surface area (Å²) in [5.74, 6) is 0.321. The first kappa shape index (κ1) is 18.9. The molecule has 1 aliphatic carbocycles. The summed E-state index contributed by atoms with van der Waals surface area (Å²) in [6.45, 7) is 5.31. The van der Waals surface area contributed by atoms with Crippen LogP contribution in [0.25, 0.3) is 0 Å². The SMILES string of the molecule is Cc1ccn(C2CC2)c(=O)c1C(=O)NCCN1CCCC(c2ccccc2)C1. The van der Waals surface area contributed by atoms with Crippen LogP contribution in [0.1, 0.15) is 59.1 Å². The summed E-state index contributed by atoms with van der Waals surface area (Å²) >= 11 is 0. The maximum Gasteiger partial charge on any atom is 0.263 e. The molecule has 5 heteroatoms. The summed E-state index contributed by atoms with van der Waals surface area (Å²) in [6, 6.07) is 12.8. The van der Waals surface area contributed by atoms with Crippen LogP contribution in [0.15, 0.2) is 47.4 Å². The van der Waals surface area contributed by atoms with Crippen molar-refractivity contribution in [3.8, 4) is 0 Å². The molecule has 1 aromatic heterocycles. The summed E-state index contributed by atoms with van der Waals surface area (Å²) in [5, 5.41) is 2.98. The number of carbonyl (C=O) groups excluding carboxylic acids is 1. The lowest BCUT2D eigenvalue weighted by Crippen LogP contribution is -2.41. The fourth-order valence-electron chi connectivity index (χ4n) is 4.23.